The van der Waals surface area contributed by atoms with Gasteiger partial charge in [-0.2, -0.15) is 4.98 Å². The minimum atomic E-state index is 0.287. The zero-order valence-electron chi connectivity index (χ0n) is 13.7. The fourth-order valence-corrected chi connectivity index (χ4v) is 2.36. The molecule has 0 spiro atoms. The van der Waals surface area contributed by atoms with Gasteiger partial charge in [0.05, 0.1) is 30.8 Å². The lowest BCUT2D eigenvalue weighted by atomic mass is 9.81. The van der Waals surface area contributed by atoms with Crippen molar-refractivity contribution in [1.82, 2.24) is 15.0 Å². The van der Waals surface area contributed by atoms with E-state index in [4.69, 9.17) is 10.5 Å². The first-order valence-electron chi connectivity index (χ1n) is 7.77. The number of nitrogens with one attached hydrogen (secondary N) is 2. The second-order valence-electron chi connectivity index (χ2n) is 5.62. The number of methoxy groups -OCH3 is 1. The van der Waals surface area contributed by atoms with E-state index < -0.39 is 0 Å². The van der Waals surface area contributed by atoms with Crippen LogP contribution in [0.4, 0.5) is 17.5 Å². The maximum Gasteiger partial charge on any atom is 0.224 e. The van der Waals surface area contributed by atoms with Gasteiger partial charge >= 0.3 is 0 Å². The van der Waals surface area contributed by atoms with Crippen LogP contribution in [0, 0.1) is 17.8 Å². The SMILES string of the molecule is CNc1ncc(C#CC2CC(N)C2)c(Nc2ccc(OC)nc2)n1. The fourth-order valence-electron chi connectivity index (χ4n) is 2.36. The van der Waals surface area contributed by atoms with E-state index in [2.05, 4.69) is 37.4 Å². The molecular weight excluding hydrogens is 304 g/mol. The number of anilines is 3. The van der Waals surface area contributed by atoms with Crippen LogP contribution in [-0.4, -0.2) is 35.2 Å². The minimum Gasteiger partial charge on any atom is -0.481 e. The van der Waals surface area contributed by atoms with E-state index in [1.807, 2.05) is 6.07 Å². The summed E-state index contributed by atoms with van der Waals surface area (Å²) in [7, 11) is 3.36. The number of nitrogens with zero attached hydrogens (tertiary/aromatic N) is 3. The Balaban J connectivity index is 1.83. The number of pyridine rings is 1. The van der Waals surface area contributed by atoms with Crippen molar-refractivity contribution >= 4 is 17.5 Å². The van der Waals surface area contributed by atoms with E-state index in [-0.39, 0.29) is 6.04 Å². The van der Waals surface area contributed by atoms with Gasteiger partial charge in [0.15, 0.2) is 5.82 Å². The van der Waals surface area contributed by atoms with Crippen molar-refractivity contribution in [2.45, 2.75) is 18.9 Å². The molecule has 2 aromatic rings. The van der Waals surface area contributed by atoms with E-state index in [9.17, 15) is 0 Å². The first-order chi connectivity index (χ1) is 11.7. The molecule has 1 aliphatic rings. The van der Waals surface area contributed by atoms with Crippen LogP contribution < -0.4 is 21.1 Å². The second-order valence-corrected chi connectivity index (χ2v) is 5.62. The van der Waals surface area contributed by atoms with Crippen molar-refractivity contribution in [1.29, 1.82) is 0 Å². The maximum absolute atomic E-state index is 5.80. The summed E-state index contributed by atoms with van der Waals surface area (Å²) < 4.78 is 5.06. The first-order valence-corrected chi connectivity index (χ1v) is 7.77. The van der Waals surface area contributed by atoms with E-state index in [0.717, 1.165) is 24.1 Å². The van der Waals surface area contributed by atoms with Crippen LogP contribution in [0.5, 0.6) is 5.88 Å². The first kappa shape index (κ1) is 16.0. The largest absolute Gasteiger partial charge is 0.481 e. The van der Waals surface area contributed by atoms with Gasteiger partial charge in [-0.3, -0.25) is 0 Å². The smallest absolute Gasteiger partial charge is 0.224 e. The maximum atomic E-state index is 5.80. The monoisotopic (exact) mass is 324 g/mol. The highest BCUT2D eigenvalue weighted by molar-refractivity contribution is 5.64. The summed E-state index contributed by atoms with van der Waals surface area (Å²) in [6, 6.07) is 3.94. The quantitative estimate of drug-likeness (QED) is 0.737. The number of rotatable bonds is 4. The summed E-state index contributed by atoms with van der Waals surface area (Å²) in [6.45, 7) is 0. The Labute approximate surface area is 141 Å². The standard InChI is InChI=1S/C17H20N6O/c1-19-17-21-9-12(4-3-11-7-13(18)8-11)16(23-17)22-14-5-6-15(24-2)20-10-14/h5-6,9-11,13H,7-8,18H2,1-2H3,(H2,19,21,22,23). The molecule has 1 saturated carbocycles. The second kappa shape index (κ2) is 7.15. The molecule has 0 bridgehead atoms. The lowest BCUT2D eigenvalue weighted by Crippen LogP contribution is -2.35. The van der Waals surface area contributed by atoms with E-state index in [0.29, 0.717) is 23.6 Å². The van der Waals surface area contributed by atoms with E-state index >= 15 is 0 Å². The van der Waals surface area contributed by atoms with Crippen LogP contribution in [0.1, 0.15) is 18.4 Å². The molecule has 2 heterocycles. The lowest BCUT2D eigenvalue weighted by Gasteiger charge is -2.27. The summed E-state index contributed by atoms with van der Waals surface area (Å²) in [6.07, 6.45) is 5.30. The molecule has 24 heavy (non-hydrogen) atoms. The molecule has 0 radical (unpaired) electrons. The number of ether oxygens (including phenoxy) is 1. The van der Waals surface area contributed by atoms with Crippen LogP contribution in [0.25, 0.3) is 0 Å². The van der Waals surface area contributed by atoms with Gasteiger partial charge in [0.2, 0.25) is 11.8 Å². The van der Waals surface area contributed by atoms with Crippen molar-refractivity contribution < 1.29 is 4.74 Å². The molecule has 0 saturated heterocycles. The molecule has 1 fully saturated rings. The highest BCUT2D eigenvalue weighted by Crippen LogP contribution is 2.25. The van der Waals surface area contributed by atoms with Crippen LogP contribution in [0.2, 0.25) is 0 Å². The summed E-state index contributed by atoms with van der Waals surface area (Å²) in [4.78, 5) is 12.9. The highest BCUT2D eigenvalue weighted by atomic mass is 16.5. The van der Waals surface area contributed by atoms with Crippen molar-refractivity contribution in [2.24, 2.45) is 11.7 Å². The molecule has 0 atom stereocenters. The average Bonchev–Trinajstić information content (AvgIpc) is 2.59. The number of aromatic nitrogens is 3. The van der Waals surface area contributed by atoms with Crippen molar-refractivity contribution in [3.05, 3.63) is 30.1 Å². The van der Waals surface area contributed by atoms with Gasteiger partial charge in [0.25, 0.3) is 0 Å². The van der Waals surface area contributed by atoms with Gasteiger partial charge in [0, 0.05) is 25.1 Å². The molecule has 124 valence electrons. The molecule has 0 amide bonds. The van der Waals surface area contributed by atoms with Crippen molar-refractivity contribution in [3.63, 3.8) is 0 Å². The average molecular weight is 324 g/mol. The Bertz CT molecular complexity index is 759. The highest BCUT2D eigenvalue weighted by Gasteiger charge is 2.23. The molecule has 0 unspecified atom stereocenters. The lowest BCUT2D eigenvalue weighted by molar-refractivity contribution is 0.335. The summed E-state index contributed by atoms with van der Waals surface area (Å²) in [5, 5.41) is 6.16. The Morgan fingerprint density at radius 3 is 2.71 bits per heavy atom. The van der Waals surface area contributed by atoms with Gasteiger partial charge in [-0.25, -0.2) is 9.97 Å². The van der Waals surface area contributed by atoms with Crippen LogP contribution >= 0.6 is 0 Å². The molecule has 4 N–H and O–H groups in total. The predicted molar refractivity (Wildman–Crippen MR) is 93.2 cm³/mol. The summed E-state index contributed by atoms with van der Waals surface area (Å²) in [5.74, 6) is 8.48. The molecule has 2 aromatic heterocycles. The normalized spacial score (nSPS) is 18.8. The van der Waals surface area contributed by atoms with Gasteiger partial charge in [-0.1, -0.05) is 11.8 Å². The molecule has 7 heteroatoms. The zero-order chi connectivity index (χ0) is 16.9. The molecule has 7 nitrogen and oxygen atoms in total. The third-order valence-electron chi connectivity index (χ3n) is 3.81. The fraction of sp³-hybridized carbons (Fsp3) is 0.353. The van der Waals surface area contributed by atoms with Crippen molar-refractivity contribution in [2.75, 3.05) is 24.8 Å². The van der Waals surface area contributed by atoms with Crippen LogP contribution in [0.15, 0.2) is 24.5 Å². The summed E-state index contributed by atoms with van der Waals surface area (Å²) in [5.41, 5.74) is 7.34. The Morgan fingerprint density at radius 1 is 1.25 bits per heavy atom. The van der Waals surface area contributed by atoms with Crippen LogP contribution in [0.3, 0.4) is 0 Å². The Kier molecular flexibility index (Phi) is 4.77. The molecule has 0 aromatic carbocycles. The molecule has 3 rings (SSSR count). The third-order valence-corrected chi connectivity index (χ3v) is 3.81. The van der Waals surface area contributed by atoms with Crippen molar-refractivity contribution in [3.8, 4) is 17.7 Å². The van der Waals surface area contributed by atoms with Gasteiger partial charge in [-0.15, -0.1) is 0 Å². The van der Waals surface area contributed by atoms with Gasteiger partial charge in [0.1, 0.15) is 0 Å². The van der Waals surface area contributed by atoms with Gasteiger partial charge < -0.3 is 21.1 Å². The topological polar surface area (TPSA) is 98.0 Å². The molecule has 1 aliphatic carbocycles. The minimum absolute atomic E-state index is 0.287. The molecule has 0 aliphatic heterocycles. The van der Waals surface area contributed by atoms with E-state index in [1.54, 1.807) is 32.6 Å². The number of hydrogen-bond acceptors (Lipinski definition) is 7. The molecular formula is C17H20N6O. The predicted octanol–water partition coefficient (Wildman–Crippen LogP) is 1.75. The van der Waals surface area contributed by atoms with E-state index in [1.165, 1.54) is 0 Å². The van der Waals surface area contributed by atoms with Gasteiger partial charge in [-0.05, 0) is 18.9 Å². The van der Waals surface area contributed by atoms with Crippen LogP contribution in [-0.2, 0) is 0 Å². The third kappa shape index (κ3) is 3.73. The summed E-state index contributed by atoms with van der Waals surface area (Å²) >= 11 is 0. The zero-order valence-corrected chi connectivity index (χ0v) is 13.7. The Hall–Kier alpha value is -2.85. The Morgan fingerprint density at radius 2 is 2.08 bits per heavy atom. The number of hydrogen-bond donors (Lipinski definition) is 3. The number of nitrogens with two attached hydrogens (primary N) is 1.